The van der Waals surface area contributed by atoms with Crippen LogP contribution in [0.4, 0.5) is 0 Å². The van der Waals surface area contributed by atoms with Crippen LogP contribution >= 0.6 is 0 Å². The lowest BCUT2D eigenvalue weighted by atomic mass is 10.2. The van der Waals surface area contributed by atoms with Gasteiger partial charge < -0.3 is 4.74 Å². The Kier molecular flexibility index (Phi) is 5.50. The van der Waals surface area contributed by atoms with Gasteiger partial charge in [0.05, 0.1) is 11.7 Å². The smallest absolute Gasteiger partial charge is 0.135 e. The van der Waals surface area contributed by atoms with E-state index in [1.54, 1.807) is 0 Å². The third-order valence-corrected chi connectivity index (χ3v) is 1.87. The van der Waals surface area contributed by atoms with E-state index in [2.05, 4.69) is 21.9 Å². The fourth-order valence-electron chi connectivity index (χ4n) is 1.23. The van der Waals surface area contributed by atoms with Crippen LogP contribution in [0.3, 0.4) is 0 Å². The monoisotopic (exact) mass is 229 g/mol. The van der Waals surface area contributed by atoms with Crippen LogP contribution in [0.1, 0.15) is 25.8 Å². The van der Waals surface area contributed by atoms with Crippen LogP contribution in [-0.2, 0) is 0 Å². The van der Waals surface area contributed by atoms with E-state index in [0.717, 1.165) is 11.3 Å². The van der Waals surface area contributed by atoms with Crippen LogP contribution < -0.4 is 4.74 Å². The Hall–Kier alpha value is -2.11. The molecule has 0 heterocycles. The number of benzene rings is 1. The molecule has 0 atom stereocenters. The fraction of sp³-hybridized carbons (Fsp3) is 0.385. The zero-order valence-corrected chi connectivity index (χ0v) is 10.1. The molecule has 0 spiro atoms. The second-order valence-corrected chi connectivity index (χ2v) is 3.67. The first kappa shape index (κ1) is 13.0. The molecule has 0 N–H and O–H groups in total. The van der Waals surface area contributed by atoms with Crippen LogP contribution in [-0.4, -0.2) is 12.6 Å². The molecule has 0 unspecified atom stereocenters. The highest BCUT2D eigenvalue weighted by Gasteiger charge is 2.01. The standard InChI is InChI=1S/C13H15N3O/c1-11(2)17-13-9-4-3-7-12(13)8-5-6-10-15-16-14/h3-4,7,9,11H,6,10H2,1-2H3. The van der Waals surface area contributed by atoms with Crippen molar-refractivity contribution in [3.05, 3.63) is 40.3 Å². The number of hydrogen-bond acceptors (Lipinski definition) is 2. The van der Waals surface area contributed by atoms with Gasteiger partial charge >= 0.3 is 0 Å². The SMILES string of the molecule is CC(C)Oc1ccccc1C#CCCN=[N+]=[N-]. The maximum absolute atomic E-state index is 8.12. The van der Waals surface area contributed by atoms with Gasteiger partial charge in [-0.1, -0.05) is 29.1 Å². The van der Waals surface area contributed by atoms with Gasteiger partial charge in [-0.25, -0.2) is 0 Å². The lowest BCUT2D eigenvalue weighted by Crippen LogP contribution is -2.06. The second kappa shape index (κ2) is 7.21. The van der Waals surface area contributed by atoms with Crippen molar-refractivity contribution in [1.29, 1.82) is 0 Å². The largest absolute Gasteiger partial charge is 0.490 e. The molecule has 0 fully saturated rings. The van der Waals surface area contributed by atoms with Gasteiger partial charge in [-0.2, -0.15) is 0 Å². The van der Waals surface area contributed by atoms with Gasteiger partial charge in [0.1, 0.15) is 5.75 Å². The molecule has 0 aliphatic carbocycles. The Morgan fingerprint density at radius 1 is 1.41 bits per heavy atom. The summed E-state index contributed by atoms with van der Waals surface area (Å²) in [4.78, 5) is 2.67. The van der Waals surface area contributed by atoms with E-state index < -0.39 is 0 Å². The number of azide groups is 1. The molecule has 0 aromatic heterocycles. The summed E-state index contributed by atoms with van der Waals surface area (Å²) in [6, 6.07) is 7.66. The molecule has 0 saturated heterocycles. The van der Waals surface area contributed by atoms with Crippen molar-refractivity contribution in [2.24, 2.45) is 5.11 Å². The summed E-state index contributed by atoms with van der Waals surface area (Å²) in [7, 11) is 0. The van der Waals surface area contributed by atoms with Gasteiger partial charge in [0.25, 0.3) is 0 Å². The molecule has 0 radical (unpaired) electrons. The van der Waals surface area contributed by atoms with E-state index in [9.17, 15) is 0 Å². The first-order valence-electron chi connectivity index (χ1n) is 5.49. The Labute approximate surface area is 101 Å². The predicted octanol–water partition coefficient (Wildman–Crippen LogP) is 3.53. The van der Waals surface area contributed by atoms with Gasteiger partial charge in [0.15, 0.2) is 0 Å². The summed E-state index contributed by atoms with van der Waals surface area (Å²) < 4.78 is 5.64. The van der Waals surface area contributed by atoms with Crippen molar-refractivity contribution in [2.75, 3.05) is 6.54 Å². The van der Waals surface area contributed by atoms with Crippen LogP contribution in [0.25, 0.3) is 10.4 Å². The summed E-state index contributed by atoms with van der Waals surface area (Å²) in [6.07, 6.45) is 0.682. The van der Waals surface area contributed by atoms with Gasteiger partial charge in [-0.05, 0) is 31.5 Å². The third-order valence-electron chi connectivity index (χ3n) is 1.87. The number of rotatable bonds is 4. The normalized spacial score (nSPS) is 9.12. The van der Waals surface area contributed by atoms with Crippen LogP contribution in [0.5, 0.6) is 5.75 Å². The maximum atomic E-state index is 8.12. The molecule has 4 heteroatoms. The molecule has 88 valence electrons. The van der Waals surface area contributed by atoms with Crippen molar-refractivity contribution in [2.45, 2.75) is 26.4 Å². The van der Waals surface area contributed by atoms with Crippen molar-refractivity contribution in [3.63, 3.8) is 0 Å². The number of ether oxygens (including phenoxy) is 1. The molecule has 0 saturated carbocycles. The molecular formula is C13H15N3O. The minimum atomic E-state index is 0.126. The fourth-order valence-corrected chi connectivity index (χ4v) is 1.23. The van der Waals surface area contributed by atoms with Gasteiger partial charge in [-0.3, -0.25) is 0 Å². The van der Waals surface area contributed by atoms with E-state index in [-0.39, 0.29) is 6.10 Å². The highest BCUT2D eigenvalue weighted by Crippen LogP contribution is 2.17. The van der Waals surface area contributed by atoms with Crippen molar-refractivity contribution < 1.29 is 4.74 Å². The zero-order valence-electron chi connectivity index (χ0n) is 10.1. The molecule has 1 rings (SSSR count). The summed E-state index contributed by atoms with van der Waals surface area (Å²) in [6.45, 7) is 4.36. The second-order valence-electron chi connectivity index (χ2n) is 3.67. The van der Waals surface area contributed by atoms with Crippen molar-refractivity contribution in [1.82, 2.24) is 0 Å². The lowest BCUT2D eigenvalue weighted by Gasteiger charge is -2.10. The quantitative estimate of drug-likeness (QED) is 0.256. The number of para-hydroxylation sites is 1. The average molecular weight is 229 g/mol. The van der Waals surface area contributed by atoms with Crippen molar-refractivity contribution in [3.8, 4) is 17.6 Å². The summed E-state index contributed by atoms with van der Waals surface area (Å²) in [5.41, 5.74) is 8.98. The number of hydrogen-bond donors (Lipinski definition) is 0. The molecule has 0 amide bonds. The van der Waals surface area contributed by atoms with Gasteiger partial charge in [0, 0.05) is 17.9 Å². The van der Waals surface area contributed by atoms with Gasteiger partial charge in [-0.15, -0.1) is 0 Å². The Morgan fingerprint density at radius 2 is 2.18 bits per heavy atom. The highest BCUT2D eigenvalue weighted by molar-refractivity contribution is 5.45. The summed E-state index contributed by atoms with van der Waals surface area (Å²) in [5, 5.41) is 3.42. The third kappa shape index (κ3) is 4.96. The molecule has 4 nitrogen and oxygen atoms in total. The zero-order chi connectivity index (χ0) is 12.5. The highest BCUT2D eigenvalue weighted by atomic mass is 16.5. The molecular weight excluding hydrogens is 214 g/mol. The number of nitrogens with zero attached hydrogens (tertiary/aromatic N) is 3. The van der Waals surface area contributed by atoms with E-state index >= 15 is 0 Å². The van der Waals surface area contributed by atoms with E-state index in [1.165, 1.54) is 0 Å². The lowest BCUT2D eigenvalue weighted by molar-refractivity contribution is 0.242. The van der Waals surface area contributed by atoms with E-state index in [4.69, 9.17) is 10.3 Å². The average Bonchev–Trinajstić information content (AvgIpc) is 2.30. The topological polar surface area (TPSA) is 58.0 Å². The molecule has 1 aromatic carbocycles. The molecule has 1 aromatic rings. The molecule has 0 aliphatic rings. The van der Waals surface area contributed by atoms with Crippen LogP contribution in [0, 0.1) is 11.8 Å². The van der Waals surface area contributed by atoms with E-state index in [0.29, 0.717) is 13.0 Å². The Balaban J connectivity index is 2.72. The molecule has 0 aliphatic heterocycles. The van der Waals surface area contributed by atoms with E-state index in [1.807, 2.05) is 38.1 Å². The van der Waals surface area contributed by atoms with Crippen LogP contribution in [0.2, 0.25) is 0 Å². The van der Waals surface area contributed by atoms with Crippen molar-refractivity contribution >= 4 is 0 Å². The van der Waals surface area contributed by atoms with Gasteiger partial charge in [0.2, 0.25) is 0 Å². The Bertz CT molecular complexity index is 465. The first-order chi connectivity index (χ1) is 8.24. The molecule has 17 heavy (non-hydrogen) atoms. The minimum absolute atomic E-state index is 0.126. The maximum Gasteiger partial charge on any atom is 0.135 e. The van der Waals surface area contributed by atoms with Crippen LogP contribution in [0.15, 0.2) is 29.4 Å². The Morgan fingerprint density at radius 3 is 2.88 bits per heavy atom. The predicted molar refractivity (Wildman–Crippen MR) is 67.7 cm³/mol. The summed E-state index contributed by atoms with van der Waals surface area (Å²) >= 11 is 0. The summed E-state index contributed by atoms with van der Waals surface area (Å²) in [5.74, 6) is 6.77. The minimum Gasteiger partial charge on any atom is -0.490 e. The molecule has 0 bridgehead atoms. The first-order valence-corrected chi connectivity index (χ1v) is 5.49.